The molecule has 0 bridgehead atoms. The highest BCUT2D eigenvalue weighted by molar-refractivity contribution is 5.83. The fraction of sp³-hybridized carbons (Fsp3) is 0.625. The van der Waals surface area contributed by atoms with Crippen molar-refractivity contribution in [3.8, 4) is 0 Å². The maximum atomic E-state index is 11.8. The Morgan fingerprint density at radius 2 is 1.90 bits per heavy atom. The van der Waals surface area contributed by atoms with Gasteiger partial charge in [-0.05, 0) is 33.1 Å². The van der Waals surface area contributed by atoms with E-state index in [0.717, 1.165) is 12.8 Å². The third-order valence-electron chi connectivity index (χ3n) is 2.61. The first-order valence-electron chi connectivity index (χ1n) is 7.13. The molecule has 5 heteroatoms. The molecule has 0 aromatic heterocycles. The fourth-order valence-electron chi connectivity index (χ4n) is 1.79. The van der Waals surface area contributed by atoms with Gasteiger partial charge in [0.2, 0.25) is 0 Å². The lowest BCUT2D eigenvalue weighted by atomic mass is 9.84. The predicted octanol–water partition coefficient (Wildman–Crippen LogP) is 3.21. The minimum absolute atomic E-state index is 0.339. The molecule has 0 heterocycles. The Labute approximate surface area is 126 Å². The quantitative estimate of drug-likeness (QED) is 0.337. The first-order valence-corrected chi connectivity index (χ1v) is 7.13. The molecule has 2 atom stereocenters. The Kier molecular flexibility index (Phi) is 10.2. The topological polar surface area (TPSA) is 61.8 Å². The van der Waals surface area contributed by atoms with E-state index in [-0.39, 0.29) is 5.97 Å². The molecule has 5 nitrogen and oxygen atoms in total. The van der Waals surface area contributed by atoms with Crippen LogP contribution in [-0.4, -0.2) is 25.7 Å². The van der Waals surface area contributed by atoms with Crippen LogP contribution < -0.4 is 0 Å². The molecule has 1 aliphatic carbocycles. The summed E-state index contributed by atoms with van der Waals surface area (Å²) in [5.41, 5.74) is 1.17. The van der Waals surface area contributed by atoms with E-state index in [0.29, 0.717) is 13.0 Å². The average Bonchev–Trinajstić information content (AvgIpc) is 2.44. The van der Waals surface area contributed by atoms with Crippen LogP contribution in [0.25, 0.3) is 0 Å². The van der Waals surface area contributed by atoms with Crippen molar-refractivity contribution in [3.05, 3.63) is 24.3 Å². The summed E-state index contributed by atoms with van der Waals surface area (Å²) in [6.07, 6.45) is 5.68. The van der Waals surface area contributed by atoms with E-state index in [9.17, 15) is 9.59 Å². The molecule has 0 saturated carbocycles. The number of hydrogen-bond acceptors (Lipinski definition) is 5. The number of rotatable bonds is 5. The second-order valence-electron chi connectivity index (χ2n) is 5.08. The van der Waals surface area contributed by atoms with Crippen LogP contribution in [0.4, 0.5) is 0 Å². The molecule has 0 aromatic rings. The third-order valence-corrected chi connectivity index (χ3v) is 2.61. The highest BCUT2D eigenvalue weighted by Crippen LogP contribution is 2.27. The molecule has 0 aromatic carbocycles. The van der Waals surface area contributed by atoms with E-state index in [1.165, 1.54) is 12.7 Å². The van der Waals surface area contributed by atoms with E-state index in [1.54, 1.807) is 6.08 Å². The Morgan fingerprint density at radius 1 is 1.29 bits per heavy atom. The van der Waals surface area contributed by atoms with Crippen molar-refractivity contribution in [2.24, 2.45) is 11.8 Å². The first kappa shape index (κ1) is 19.4. The molecule has 0 radical (unpaired) electrons. The van der Waals surface area contributed by atoms with Crippen molar-refractivity contribution in [3.63, 3.8) is 0 Å². The van der Waals surface area contributed by atoms with Crippen molar-refractivity contribution in [1.29, 1.82) is 0 Å². The third kappa shape index (κ3) is 8.30. The van der Waals surface area contributed by atoms with Crippen LogP contribution in [0.5, 0.6) is 0 Å². The Morgan fingerprint density at radius 3 is 2.43 bits per heavy atom. The number of hydrogen-bond donors (Lipinski definition) is 0. The molecule has 0 amide bonds. The van der Waals surface area contributed by atoms with E-state index in [2.05, 4.69) is 16.4 Å². The molecule has 0 spiro atoms. The maximum Gasteiger partial charge on any atom is 0.349 e. The molecular formula is C16H26O5. The molecule has 1 aliphatic rings. The largest absolute Gasteiger partial charge is 0.465 e. The molecule has 0 fully saturated rings. The lowest BCUT2D eigenvalue weighted by Crippen LogP contribution is -2.33. The van der Waals surface area contributed by atoms with Gasteiger partial charge in [0, 0.05) is 0 Å². The summed E-state index contributed by atoms with van der Waals surface area (Å²) in [4.78, 5) is 32.2. The zero-order chi connectivity index (χ0) is 16.3. The Hall–Kier alpha value is -1.62. The smallest absolute Gasteiger partial charge is 0.349 e. The molecule has 1 rings (SSSR count). The van der Waals surface area contributed by atoms with Gasteiger partial charge >= 0.3 is 11.9 Å². The predicted molar refractivity (Wildman–Crippen MR) is 80.2 cm³/mol. The zero-order valence-electron chi connectivity index (χ0n) is 13.4. The van der Waals surface area contributed by atoms with Gasteiger partial charge in [-0.25, -0.2) is 4.79 Å². The molecule has 0 saturated heterocycles. The fourth-order valence-corrected chi connectivity index (χ4v) is 1.79. The number of carbonyl (C=O) groups excluding carboxylic acids is 2. The van der Waals surface area contributed by atoms with Crippen LogP contribution >= 0.6 is 0 Å². The summed E-state index contributed by atoms with van der Waals surface area (Å²) >= 11 is 0. The van der Waals surface area contributed by atoms with Gasteiger partial charge in [-0.1, -0.05) is 24.6 Å². The highest BCUT2D eigenvalue weighted by atomic mass is 17.2. The first-order chi connectivity index (χ1) is 9.93. The van der Waals surface area contributed by atoms with Crippen molar-refractivity contribution in [2.45, 2.75) is 40.0 Å². The summed E-state index contributed by atoms with van der Waals surface area (Å²) in [6, 6.07) is 0. The van der Waals surface area contributed by atoms with Gasteiger partial charge in [-0.3, -0.25) is 9.68 Å². The lowest BCUT2D eigenvalue weighted by Gasteiger charge is -2.23. The summed E-state index contributed by atoms with van der Waals surface area (Å²) in [5.74, 6) is -1.96. The monoisotopic (exact) mass is 298 g/mol. The van der Waals surface area contributed by atoms with Gasteiger partial charge in [0.1, 0.15) is 0 Å². The number of allylic oxidation sites excluding steroid dienone is 2. The molecule has 21 heavy (non-hydrogen) atoms. The molecular weight excluding hydrogens is 272 g/mol. The van der Waals surface area contributed by atoms with E-state index >= 15 is 0 Å². The summed E-state index contributed by atoms with van der Waals surface area (Å²) in [5, 5.41) is 0. The van der Waals surface area contributed by atoms with Crippen molar-refractivity contribution >= 4 is 11.9 Å². The molecule has 2 unspecified atom stereocenters. The summed E-state index contributed by atoms with van der Waals surface area (Å²) < 4.78 is 5.07. The second-order valence-corrected chi connectivity index (χ2v) is 5.08. The highest BCUT2D eigenvalue weighted by Gasteiger charge is 2.36. The standard InChI is InChI=1S/C12H18O5.C4H8/c1-3-8-16-11(13)9-6-4-5-7-10(9)12(14)17-15-2;1-4(2)3/h5,7,9-10H,3-4,6,8H2,1-2H3;1H2,2-3H3. The maximum absolute atomic E-state index is 11.8. The minimum atomic E-state index is -0.604. The summed E-state index contributed by atoms with van der Waals surface area (Å²) in [7, 11) is 1.26. The minimum Gasteiger partial charge on any atom is -0.465 e. The average molecular weight is 298 g/mol. The van der Waals surface area contributed by atoms with Crippen LogP contribution in [0.1, 0.15) is 40.0 Å². The van der Waals surface area contributed by atoms with Crippen LogP contribution in [0, 0.1) is 11.8 Å². The number of carbonyl (C=O) groups is 2. The van der Waals surface area contributed by atoms with Gasteiger partial charge in [0.15, 0.2) is 0 Å². The normalized spacial score (nSPS) is 20.0. The zero-order valence-corrected chi connectivity index (χ0v) is 13.4. The molecule has 0 N–H and O–H groups in total. The summed E-state index contributed by atoms with van der Waals surface area (Å²) in [6.45, 7) is 9.80. The molecule has 0 aliphatic heterocycles. The molecule has 120 valence electrons. The van der Waals surface area contributed by atoms with Gasteiger partial charge in [-0.2, -0.15) is 4.89 Å². The van der Waals surface area contributed by atoms with Crippen LogP contribution in [0.15, 0.2) is 24.3 Å². The van der Waals surface area contributed by atoms with Gasteiger partial charge < -0.3 is 4.74 Å². The van der Waals surface area contributed by atoms with Crippen molar-refractivity contribution in [2.75, 3.05) is 13.7 Å². The number of ether oxygens (including phenoxy) is 1. The van der Waals surface area contributed by atoms with E-state index in [1.807, 2.05) is 26.8 Å². The van der Waals surface area contributed by atoms with Crippen molar-refractivity contribution in [1.82, 2.24) is 0 Å². The number of esters is 1. The van der Waals surface area contributed by atoms with Gasteiger partial charge in [0.25, 0.3) is 0 Å². The SMILES string of the molecule is C=C(C)C.CCCOC(=O)C1CCC=CC1C(=O)OOC. The van der Waals surface area contributed by atoms with Gasteiger partial charge in [0.05, 0.1) is 25.6 Å². The van der Waals surface area contributed by atoms with Crippen LogP contribution in [-0.2, 0) is 24.1 Å². The van der Waals surface area contributed by atoms with E-state index in [4.69, 9.17) is 4.74 Å². The lowest BCUT2D eigenvalue weighted by molar-refractivity contribution is -0.259. The van der Waals surface area contributed by atoms with Crippen LogP contribution in [0.3, 0.4) is 0 Å². The van der Waals surface area contributed by atoms with Crippen molar-refractivity contribution < 1.29 is 24.1 Å². The second kappa shape index (κ2) is 11.1. The van der Waals surface area contributed by atoms with E-state index < -0.39 is 17.8 Å². The van der Waals surface area contributed by atoms with Gasteiger partial charge in [-0.15, -0.1) is 6.58 Å². The van der Waals surface area contributed by atoms with Crippen LogP contribution in [0.2, 0.25) is 0 Å². The Balaban J connectivity index is 0.000000885. The Bertz CT molecular complexity index is 369.